The maximum absolute atomic E-state index is 11.2. The van der Waals surface area contributed by atoms with E-state index in [1.165, 1.54) is 0 Å². The number of nitrogens with zero attached hydrogens (tertiary/aromatic N) is 1. The molecule has 0 aromatic carbocycles. The average molecular weight is 180 g/mol. The van der Waals surface area contributed by atoms with Gasteiger partial charge in [0.25, 0.3) is 0 Å². The van der Waals surface area contributed by atoms with Crippen LogP contribution in [0.15, 0.2) is 16.6 Å². The molecule has 2 rings (SSSR count). The van der Waals surface area contributed by atoms with Gasteiger partial charge in [0.1, 0.15) is 10.9 Å². The van der Waals surface area contributed by atoms with Gasteiger partial charge in [-0.05, 0) is 18.6 Å². The van der Waals surface area contributed by atoms with Crippen LogP contribution in [0.4, 0.5) is 0 Å². The van der Waals surface area contributed by atoms with Gasteiger partial charge in [0.05, 0.1) is 0 Å². The van der Waals surface area contributed by atoms with Gasteiger partial charge >= 0.3 is 0 Å². The molecule has 3 nitrogen and oxygen atoms in total. The van der Waals surface area contributed by atoms with Gasteiger partial charge in [0.15, 0.2) is 0 Å². The molecule has 1 fully saturated rings. The van der Waals surface area contributed by atoms with Gasteiger partial charge in [0.2, 0.25) is 5.91 Å². The number of carbonyl (C=O) groups is 1. The summed E-state index contributed by atoms with van der Waals surface area (Å²) in [5, 5.41) is 2.74. The van der Waals surface area contributed by atoms with E-state index in [-0.39, 0.29) is 11.8 Å². The summed E-state index contributed by atoms with van der Waals surface area (Å²) in [6, 6.07) is 0. The zero-order chi connectivity index (χ0) is 8.72. The minimum atomic E-state index is -0.260. The Labute approximate surface area is 75.6 Å². The standard InChI is InChI=1S/C8H8N2OS/c1-4-2-5-3-9-7(11)6(5)8(12)10-4/h2,6H,3H2,1H3,(H,9,11). The Kier molecular flexibility index (Phi) is 1.58. The minimum Gasteiger partial charge on any atom is -0.351 e. The number of dihydropyridines is 1. The van der Waals surface area contributed by atoms with Gasteiger partial charge < -0.3 is 5.32 Å². The van der Waals surface area contributed by atoms with Gasteiger partial charge in [-0.2, -0.15) is 0 Å². The quantitative estimate of drug-likeness (QED) is 0.550. The topological polar surface area (TPSA) is 41.5 Å². The Hall–Kier alpha value is -1.03. The van der Waals surface area contributed by atoms with Crippen molar-refractivity contribution in [1.29, 1.82) is 0 Å². The van der Waals surface area contributed by atoms with Gasteiger partial charge in [-0.1, -0.05) is 12.2 Å². The van der Waals surface area contributed by atoms with E-state index in [0.717, 1.165) is 11.3 Å². The predicted molar refractivity (Wildman–Crippen MR) is 50.3 cm³/mol. The van der Waals surface area contributed by atoms with Crippen molar-refractivity contribution in [2.45, 2.75) is 6.92 Å². The van der Waals surface area contributed by atoms with Crippen molar-refractivity contribution >= 4 is 28.8 Å². The number of hydrogen-bond donors (Lipinski definition) is 1. The molecule has 0 bridgehead atoms. The van der Waals surface area contributed by atoms with Crippen LogP contribution in [-0.2, 0) is 4.79 Å². The zero-order valence-electron chi connectivity index (χ0n) is 6.63. The molecule has 2 aliphatic heterocycles. The highest BCUT2D eigenvalue weighted by molar-refractivity contribution is 7.80. The monoisotopic (exact) mass is 180 g/mol. The third-order valence-corrected chi connectivity index (χ3v) is 2.35. The number of carbonyl (C=O) groups excluding carboxylic acids is 1. The molecule has 2 heterocycles. The second-order valence-corrected chi connectivity index (χ2v) is 3.38. The van der Waals surface area contributed by atoms with Crippen molar-refractivity contribution in [3.05, 3.63) is 11.6 Å². The van der Waals surface area contributed by atoms with Crippen LogP contribution >= 0.6 is 12.2 Å². The van der Waals surface area contributed by atoms with Gasteiger partial charge in [-0.3, -0.25) is 4.79 Å². The van der Waals surface area contributed by atoms with Crippen LogP contribution in [-0.4, -0.2) is 23.2 Å². The fraction of sp³-hybridized carbons (Fsp3) is 0.375. The fourth-order valence-corrected chi connectivity index (χ4v) is 1.91. The maximum Gasteiger partial charge on any atom is 0.234 e. The van der Waals surface area contributed by atoms with Crippen molar-refractivity contribution in [3.63, 3.8) is 0 Å². The summed E-state index contributed by atoms with van der Waals surface area (Å²) in [6.45, 7) is 2.51. The number of rotatable bonds is 0. The highest BCUT2D eigenvalue weighted by Crippen LogP contribution is 2.23. The molecular weight excluding hydrogens is 172 g/mol. The summed E-state index contributed by atoms with van der Waals surface area (Å²) in [5.41, 5.74) is 1.94. The second-order valence-electron chi connectivity index (χ2n) is 2.96. The van der Waals surface area contributed by atoms with Crippen LogP contribution in [0.1, 0.15) is 6.92 Å². The lowest BCUT2D eigenvalue weighted by atomic mass is 9.98. The molecule has 0 radical (unpaired) electrons. The van der Waals surface area contributed by atoms with Crippen molar-refractivity contribution in [3.8, 4) is 0 Å². The molecule has 1 amide bonds. The van der Waals surface area contributed by atoms with Crippen LogP contribution in [0.2, 0.25) is 0 Å². The summed E-state index contributed by atoms with van der Waals surface area (Å²) in [6.07, 6.45) is 1.93. The molecule has 2 aliphatic rings. The second kappa shape index (κ2) is 2.48. The van der Waals surface area contributed by atoms with Crippen molar-refractivity contribution in [2.24, 2.45) is 10.9 Å². The summed E-state index contributed by atoms with van der Waals surface area (Å²) >= 11 is 5.01. The Morgan fingerprint density at radius 1 is 1.75 bits per heavy atom. The number of aliphatic imine (C=N–C) groups is 1. The molecule has 4 heteroatoms. The minimum absolute atomic E-state index is 0.0116. The Balaban J connectivity index is 2.43. The van der Waals surface area contributed by atoms with Crippen LogP contribution < -0.4 is 5.32 Å². The van der Waals surface area contributed by atoms with E-state index in [1.54, 1.807) is 0 Å². The molecule has 0 aliphatic carbocycles. The number of amides is 1. The average Bonchev–Trinajstić information content (AvgIpc) is 2.31. The van der Waals surface area contributed by atoms with E-state index in [1.807, 2.05) is 13.0 Å². The normalized spacial score (nSPS) is 27.6. The fourth-order valence-electron chi connectivity index (χ4n) is 1.51. The summed E-state index contributed by atoms with van der Waals surface area (Å²) in [7, 11) is 0. The predicted octanol–water partition coefficient (Wildman–Crippen LogP) is 0.461. The lowest BCUT2D eigenvalue weighted by Crippen LogP contribution is -2.25. The third kappa shape index (κ3) is 0.992. The van der Waals surface area contributed by atoms with Gasteiger partial charge in [0, 0.05) is 12.3 Å². The summed E-state index contributed by atoms with van der Waals surface area (Å²) in [5.74, 6) is -0.272. The van der Waals surface area contributed by atoms with E-state index in [0.29, 0.717) is 11.5 Å². The number of nitrogens with one attached hydrogen (secondary N) is 1. The molecule has 0 aromatic rings. The first-order valence-corrected chi connectivity index (χ1v) is 4.16. The first kappa shape index (κ1) is 7.61. The summed E-state index contributed by atoms with van der Waals surface area (Å²) < 4.78 is 0. The van der Waals surface area contributed by atoms with Crippen LogP contribution in [0.3, 0.4) is 0 Å². The largest absolute Gasteiger partial charge is 0.351 e. The third-order valence-electron chi connectivity index (χ3n) is 2.03. The Bertz CT molecular complexity index is 330. The van der Waals surface area contributed by atoms with E-state index in [4.69, 9.17) is 12.2 Å². The van der Waals surface area contributed by atoms with Crippen molar-refractivity contribution < 1.29 is 4.79 Å². The first-order chi connectivity index (χ1) is 5.68. The number of fused-ring (bicyclic) bond motifs is 1. The number of hydrogen-bond acceptors (Lipinski definition) is 2. The molecule has 62 valence electrons. The van der Waals surface area contributed by atoms with Crippen molar-refractivity contribution in [1.82, 2.24) is 5.32 Å². The van der Waals surface area contributed by atoms with Gasteiger partial charge in [-0.15, -0.1) is 0 Å². The Morgan fingerprint density at radius 2 is 2.50 bits per heavy atom. The molecule has 12 heavy (non-hydrogen) atoms. The van der Waals surface area contributed by atoms with Crippen LogP contribution in [0.25, 0.3) is 0 Å². The molecule has 1 unspecified atom stereocenters. The molecule has 0 spiro atoms. The van der Waals surface area contributed by atoms with E-state index < -0.39 is 0 Å². The van der Waals surface area contributed by atoms with Crippen LogP contribution in [0.5, 0.6) is 0 Å². The van der Waals surface area contributed by atoms with E-state index in [2.05, 4.69) is 10.3 Å². The lowest BCUT2D eigenvalue weighted by molar-refractivity contribution is -0.120. The molecule has 0 saturated carbocycles. The van der Waals surface area contributed by atoms with Crippen molar-refractivity contribution in [2.75, 3.05) is 6.54 Å². The molecule has 0 aromatic heterocycles. The summed E-state index contributed by atoms with van der Waals surface area (Å²) in [4.78, 5) is 15.8. The highest BCUT2D eigenvalue weighted by Gasteiger charge is 2.34. The molecule has 1 N–H and O–H groups in total. The number of allylic oxidation sites excluding steroid dienone is 1. The molecule has 1 saturated heterocycles. The number of thiocarbonyl (C=S) groups is 1. The van der Waals surface area contributed by atoms with Gasteiger partial charge in [-0.25, -0.2) is 4.99 Å². The highest BCUT2D eigenvalue weighted by atomic mass is 32.1. The molecular formula is C8H8N2OS. The Morgan fingerprint density at radius 3 is 3.25 bits per heavy atom. The van der Waals surface area contributed by atoms with Crippen LogP contribution in [0, 0.1) is 5.92 Å². The van der Waals surface area contributed by atoms with E-state index in [9.17, 15) is 4.79 Å². The SMILES string of the molecule is CC1=NC(=S)C2C(=O)NCC2=C1. The first-order valence-electron chi connectivity index (χ1n) is 3.76. The zero-order valence-corrected chi connectivity index (χ0v) is 7.44. The van der Waals surface area contributed by atoms with E-state index >= 15 is 0 Å². The smallest absolute Gasteiger partial charge is 0.234 e. The molecule has 1 atom stereocenters. The maximum atomic E-state index is 11.2. The lowest BCUT2D eigenvalue weighted by Gasteiger charge is -2.12.